The number of halogens is 4. The number of allylic oxidation sites excluding steroid dienone is 1. The van der Waals surface area contributed by atoms with Gasteiger partial charge in [0.25, 0.3) is 0 Å². The smallest absolute Gasteiger partial charge is 0.387 e. The van der Waals surface area contributed by atoms with Crippen LogP contribution in [-0.4, -0.2) is 26.8 Å². The van der Waals surface area contributed by atoms with E-state index in [4.69, 9.17) is 11.6 Å². The van der Waals surface area contributed by atoms with Crippen LogP contribution in [0.4, 0.5) is 14.7 Å². The number of fused-ring (bicyclic) bond motifs is 1. The summed E-state index contributed by atoms with van der Waals surface area (Å²) < 4.78 is 33.0. The topological polar surface area (TPSA) is 64.9 Å². The minimum atomic E-state index is -2.96. The molecule has 2 heterocycles. The first-order valence-electron chi connectivity index (χ1n) is 7.78. The molecule has 1 aliphatic rings. The maximum absolute atomic E-state index is 12.9. The van der Waals surface area contributed by atoms with Crippen molar-refractivity contribution < 1.29 is 13.5 Å². The van der Waals surface area contributed by atoms with Gasteiger partial charge in [0, 0.05) is 19.9 Å². The van der Waals surface area contributed by atoms with Crippen molar-refractivity contribution in [2.24, 2.45) is 0 Å². The molecule has 1 atom stereocenters. The molecule has 3 aromatic rings. The summed E-state index contributed by atoms with van der Waals surface area (Å²) in [6.45, 7) is -2.96. The van der Waals surface area contributed by atoms with Gasteiger partial charge in [-0.1, -0.05) is 28.8 Å². The van der Waals surface area contributed by atoms with Crippen molar-refractivity contribution >= 4 is 45.8 Å². The number of rotatable bonds is 4. The summed E-state index contributed by atoms with van der Waals surface area (Å²) in [6, 6.07) is 11.7. The molecule has 0 unspecified atom stereocenters. The lowest BCUT2D eigenvalue weighted by molar-refractivity contribution is -0.0506. The number of tetrazole rings is 1. The first kappa shape index (κ1) is 18.1. The molecule has 0 radical (unpaired) electrons. The Bertz CT molecular complexity index is 1010. The van der Waals surface area contributed by atoms with Gasteiger partial charge in [0.05, 0.1) is 0 Å². The quantitative estimate of drug-likeness (QED) is 0.530. The standard InChI is InChI=1S/C17H11ClF2IN5O/c18-10-3-6-15(27-16(19)20)12(7-10)14-8-13(9-1-4-11(21)5-2-9)22-17-23-24-25-26(14)17/h1-8,14,16H,(H,22,23,25)/t14-/m0/s1. The summed E-state index contributed by atoms with van der Waals surface area (Å²) in [5.41, 5.74) is 2.09. The third-order valence-corrected chi connectivity index (χ3v) is 4.94. The summed E-state index contributed by atoms with van der Waals surface area (Å²) in [5.74, 6) is 0.403. The molecule has 0 saturated carbocycles. The van der Waals surface area contributed by atoms with Crippen molar-refractivity contribution in [1.82, 2.24) is 20.2 Å². The molecule has 138 valence electrons. The van der Waals surface area contributed by atoms with E-state index in [1.54, 1.807) is 6.07 Å². The lowest BCUT2D eigenvalue weighted by atomic mass is 10.0. The molecule has 4 rings (SSSR count). The summed E-state index contributed by atoms with van der Waals surface area (Å²) in [7, 11) is 0. The highest BCUT2D eigenvalue weighted by Gasteiger charge is 2.27. The molecule has 6 nitrogen and oxygen atoms in total. The van der Waals surface area contributed by atoms with E-state index >= 15 is 0 Å². The highest BCUT2D eigenvalue weighted by Crippen LogP contribution is 2.37. The number of benzene rings is 2. The molecular weight excluding hydrogens is 491 g/mol. The van der Waals surface area contributed by atoms with Crippen LogP contribution in [0.1, 0.15) is 17.2 Å². The summed E-state index contributed by atoms with van der Waals surface area (Å²) in [6.07, 6.45) is 1.84. The maximum Gasteiger partial charge on any atom is 0.387 e. The summed E-state index contributed by atoms with van der Waals surface area (Å²) in [4.78, 5) is 0. The van der Waals surface area contributed by atoms with Crippen LogP contribution in [0.15, 0.2) is 48.5 Å². The SMILES string of the molecule is FC(F)Oc1ccc(Cl)cc1[C@@H]1C=C(c2ccc(I)cc2)Nc2nnnn21. The van der Waals surface area contributed by atoms with Crippen LogP contribution in [0.2, 0.25) is 5.02 Å². The first-order valence-corrected chi connectivity index (χ1v) is 9.24. The lowest BCUT2D eigenvalue weighted by Crippen LogP contribution is -2.21. The van der Waals surface area contributed by atoms with E-state index in [-0.39, 0.29) is 5.75 Å². The Kier molecular flexibility index (Phi) is 4.96. The van der Waals surface area contributed by atoms with Gasteiger partial charge in [0.15, 0.2) is 0 Å². The number of hydrogen-bond acceptors (Lipinski definition) is 5. The predicted octanol–water partition coefficient (Wildman–Crippen LogP) is 4.59. The van der Waals surface area contributed by atoms with Crippen molar-refractivity contribution in [3.05, 3.63) is 68.3 Å². The van der Waals surface area contributed by atoms with Crippen LogP contribution in [0.5, 0.6) is 5.75 Å². The van der Waals surface area contributed by atoms with Crippen LogP contribution in [0.25, 0.3) is 5.70 Å². The average molecular weight is 502 g/mol. The monoisotopic (exact) mass is 501 g/mol. The fourth-order valence-electron chi connectivity index (χ4n) is 2.83. The molecule has 1 aliphatic heterocycles. The Morgan fingerprint density at radius 1 is 1.19 bits per heavy atom. The minimum Gasteiger partial charge on any atom is -0.434 e. The van der Waals surface area contributed by atoms with E-state index in [2.05, 4.69) is 48.2 Å². The number of nitrogens with zero attached hydrogens (tertiary/aromatic N) is 4. The second-order valence-electron chi connectivity index (χ2n) is 5.66. The van der Waals surface area contributed by atoms with Crippen LogP contribution >= 0.6 is 34.2 Å². The van der Waals surface area contributed by atoms with E-state index in [1.165, 1.54) is 16.8 Å². The Morgan fingerprint density at radius 3 is 2.70 bits per heavy atom. The van der Waals surface area contributed by atoms with Gasteiger partial charge in [-0.05, 0) is 75.0 Å². The minimum absolute atomic E-state index is 0.0148. The van der Waals surface area contributed by atoms with Crippen LogP contribution in [-0.2, 0) is 0 Å². The molecule has 0 fully saturated rings. The van der Waals surface area contributed by atoms with Crippen LogP contribution < -0.4 is 10.1 Å². The fraction of sp³-hybridized carbons (Fsp3) is 0.118. The largest absolute Gasteiger partial charge is 0.434 e. The number of anilines is 1. The number of aromatic nitrogens is 4. The van der Waals surface area contributed by atoms with Crippen molar-refractivity contribution in [1.29, 1.82) is 0 Å². The Morgan fingerprint density at radius 2 is 1.96 bits per heavy atom. The zero-order chi connectivity index (χ0) is 19.0. The lowest BCUT2D eigenvalue weighted by Gasteiger charge is -2.25. The van der Waals surface area contributed by atoms with E-state index in [0.717, 1.165) is 14.8 Å². The van der Waals surface area contributed by atoms with Gasteiger partial charge < -0.3 is 10.1 Å². The van der Waals surface area contributed by atoms with Gasteiger partial charge >= 0.3 is 6.61 Å². The highest BCUT2D eigenvalue weighted by atomic mass is 127. The van der Waals surface area contributed by atoms with Gasteiger partial charge in [0.2, 0.25) is 5.95 Å². The number of alkyl halides is 2. The molecule has 1 aromatic heterocycles. The fourth-order valence-corrected chi connectivity index (χ4v) is 3.37. The molecule has 0 amide bonds. The predicted molar refractivity (Wildman–Crippen MR) is 105 cm³/mol. The second-order valence-corrected chi connectivity index (χ2v) is 7.35. The molecule has 0 aliphatic carbocycles. The van der Waals surface area contributed by atoms with Crippen molar-refractivity contribution in [3.8, 4) is 5.75 Å². The highest BCUT2D eigenvalue weighted by molar-refractivity contribution is 14.1. The molecular formula is C17H11ClF2IN5O. The van der Waals surface area contributed by atoms with Crippen molar-refractivity contribution in [2.75, 3.05) is 5.32 Å². The number of ether oxygens (including phenoxy) is 1. The average Bonchev–Trinajstić information content (AvgIpc) is 3.11. The molecule has 2 aromatic carbocycles. The molecule has 10 heteroatoms. The normalized spacial score (nSPS) is 15.9. The van der Waals surface area contributed by atoms with E-state index in [1.807, 2.05) is 30.3 Å². The van der Waals surface area contributed by atoms with Gasteiger partial charge in [-0.2, -0.15) is 13.5 Å². The van der Waals surface area contributed by atoms with Crippen molar-refractivity contribution in [3.63, 3.8) is 0 Å². The third-order valence-electron chi connectivity index (χ3n) is 3.99. The van der Waals surface area contributed by atoms with Gasteiger partial charge in [-0.3, -0.25) is 0 Å². The number of hydrogen-bond donors (Lipinski definition) is 1. The molecule has 27 heavy (non-hydrogen) atoms. The van der Waals surface area contributed by atoms with Gasteiger partial charge in [-0.25, -0.2) is 0 Å². The van der Waals surface area contributed by atoms with Gasteiger partial charge in [-0.15, -0.1) is 0 Å². The van der Waals surface area contributed by atoms with E-state index < -0.39 is 12.7 Å². The first-order chi connectivity index (χ1) is 13.0. The molecule has 0 saturated heterocycles. The summed E-state index contributed by atoms with van der Waals surface area (Å²) >= 11 is 8.32. The molecule has 0 bridgehead atoms. The Hall–Kier alpha value is -2.27. The van der Waals surface area contributed by atoms with Gasteiger partial charge in [0.1, 0.15) is 11.8 Å². The second kappa shape index (κ2) is 7.39. The summed E-state index contributed by atoms with van der Waals surface area (Å²) in [5, 5.41) is 15.2. The van der Waals surface area contributed by atoms with Crippen LogP contribution in [0.3, 0.4) is 0 Å². The Labute approximate surface area is 171 Å². The zero-order valence-electron chi connectivity index (χ0n) is 13.5. The number of nitrogens with one attached hydrogen (secondary N) is 1. The molecule has 0 spiro atoms. The van der Waals surface area contributed by atoms with E-state index in [9.17, 15) is 8.78 Å². The molecule has 1 N–H and O–H groups in total. The van der Waals surface area contributed by atoms with Crippen molar-refractivity contribution in [2.45, 2.75) is 12.7 Å². The maximum atomic E-state index is 12.9. The van der Waals surface area contributed by atoms with Crippen LogP contribution in [0, 0.1) is 3.57 Å². The Balaban J connectivity index is 1.83. The third kappa shape index (κ3) is 3.74. The van der Waals surface area contributed by atoms with E-state index in [0.29, 0.717) is 16.5 Å². The zero-order valence-corrected chi connectivity index (χ0v) is 16.4.